The van der Waals surface area contributed by atoms with Gasteiger partial charge in [-0.05, 0) is 70.2 Å². The van der Waals surface area contributed by atoms with E-state index in [0.717, 1.165) is 12.1 Å². The van der Waals surface area contributed by atoms with Gasteiger partial charge in [0.1, 0.15) is 5.82 Å². The van der Waals surface area contributed by atoms with E-state index in [-0.39, 0.29) is 22.0 Å². The summed E-state index contributed by atoms with van der Waals surface area (Å²) < 4.78 is 67.8. The van der Waals surface area contributed by atoms with Crippen LogP contribution in [-0.4, -0.2) is 29.6 Å². The van der Waals surface area contributed by atoms with Crippen molar-refractivity contribution >= 4 is 21.7 Å². The summed E-state index contributed by atoms with van der Waals surface area (Å²) >= 11 is 0. The van der Waals surface area contributed by atoms with Gasteiger partial charge in [-0.25, -0.2) is 17.8 Å². The molecule has 3 aromatic rings. The number of carbonyl (C=O) groups is 1. The molecule has 2 N–H and O–H groups in total. The molecule has 3 rings (SSSR count). The first-order chi connectivity index (χ1) is 15.2. The number of nitrogens with one attached hydrogen (secondary N) is 2. The summed E-state index contributed by atoms with van der Waals surface area (Å²) in [6.07, 6.45) is -4.52. The lowest BCUT2D eigenvalue weighted by atomic mass is 10.1. The third-order valence-electron chi connectivity index (χ3n) is 4.36. The predicted octanol–water partition coefficient (Wildman–Crippen LogP) is 4.53. The zero-order valence-corrected chi connectivity index (χ0v) is 19.2. The Morgan fingerprint density at radius 2 is 1.64 bits per heavy atom. The van der Waals surface area contributed by atoms with Crippen LogP contribution >= 0.6 is 0 Å². The number of aromatic nitrogens is 2. The van der Waals surface area contributed by atoms with Crippen LogP contribution in [0.5, 0.6) is 0 Å². The van der Waals surface area contributed by atoms with E-state index in [2.05, 4.69) is 15.1 Å². The number of aryl methyl sites for hydroxylation is 1. The average molecular weight is 481 g/mol. The van der Waals surface area contributed by atoms with Gasteiger partial charge in [0, 0.05) is 17.2 Å². The maximum absolute atomic E-state index is 13.1. The van der Waals surface area contributed by atoms with Crippen LogP contribution in [0.15, 0.2) is 59.5 Å². The number of hydrogen-bond donors (Lipinski definition) is 2. The smallest absolute Gasteiger partial charge is 0.306 e. The van der Waals surface area contributed by atoms with Crippen molar-refractivity contribution < 1.29 is 26.4 Å². The molecule has 0 aliphatic rings. The van der Waals surface area contributed by atoms with Crippen LogP contribution in [0.3, 0.4) is 0 Å². The number of amides is 1. The lowest BCUT2D eigenvalue weighted by Crippen LogP contribution is -2.40. The standard InChI is InChI=1S/C22H23F3N4O3S/c1-14-12-19(29(27-14)17-7-5-6-16(13-17)22(23,24)25)26-20(30)15-8-10-18(11-9-15)33(31,32)28-21(2,3)4/h5-13,28H,1-4H3,(H,26,30). The summed E-state index contributed by atoms with van der Waals surface area (Å²) in [5.41, 5.74) is -0.736. The summed E-state index contributed by atoms with van der Waals surface area (Å²) in [6.45, 7) is 6.77. The van der Waals surface area contributed by atoms with Crippen molar-refractivity contribution in [1.82, 2.24) is 14.5 Å². The number of carbonyl (C=O) groups excluding carboxylic acids is 1. The van der Waals surface area contributed by atoms with Gasteiger partial charge in [-0.2, -0.15) is 18.3 Å². The molecule has 0 atom stereocenters. The van der Waals surface area contributed by atoms with E-state index in [1.165, 1.54) is 47.1 Å². The minimum atomic E-state index is -4.52. The van der Waals surface area contributed by atoms with Gasteiger partial charge in [-0.1, -0.05) is 6.07 Å². The number of anilines is 1. The molecule has 0 aliphatic heterocycles. The molecule has 0 fully saturated rings. The first-order valence-corrected chi connectivity index (χ1v) is 11.3. The topological polar surface area (TPSA) is 93.1 Å². The zero-order chi connectivity index (χ0) is 24.6. The molecular weight excluding hydrogens is 457 g/mol. The molecule has 2 aromatic carbocycles. The Balaban J connectivity index is 1.85. The molecule has 176 valence electrons. The maximum atomic E-state index is 13.1. The van der Waals surface area contributed by atoms with Gasteiger partial charge in [0.2, 0.25) is 10.0 Å². The summed E-state index contributed by atoms with van der Waals surface area (Å²) in [6, 6.07) is 11.4. The monoisotopic (exact) mass is 480 g/mol. The Kier molecular flexibility index (Phi) is 6.40. The molecule has 1 aromatic heterocycles. The Morgan fingerprint density at radius 3 is 2.21 bits per heavy atom. The van der Waals surface area contributed by atoms with E-state index >= 15 is 0 Å². The van der Waals surface area contributed by atoms with Crippen molar-refractivity contribution in [2.24, 2.45) is 0 Å². The van der Waals surface area contributed by atoms with E-state index in [4.69, 9.17) is 0 Å². The molecule has 11 heteroatoms. The summed E-state index contributed by atoms with van der Waals surface area (Å²) in [5.74, 6) is -0.404. The van der Waals surface area contributed by atoms with Crippen LogP contribution in [-0.2, 0) is 16.2 Å². The highest BCUT2D eigenvalue weighted by Crippen LogP contribution is 2.31. The molecule has 0 spiro atoms. The van der Waals surface area contributed by atoms with Crippen molar-refractivity contribution in [2.45, 2.75) is 44.3 Å². The molecule has 0 radical (unpaired) electrons. The molecule has 33 heavy (non-hydrogen) atoms. The van der Waals surface area contributed by atoms with E-state index in [9.17, 15) is 26.4 Å². The molecule has 1 heterocycles. The predicted molar refractivity (Wildman–Crippen MR) is 118 cm³/mol. The molecular formula is C22H23F3N4O3S. The Hall–Kier alpha value is -3.18. The molecule has 7 nitrogen and oxygen atoms in total. The molecule has 0 aliphatic carbocycles. The minimum absolute atomic E-state index is 0.00109. The van der Waals surface area contributed by atoms with Gasteiger partial charge in [-0.15, -0.1) is 0 Å². The first kappa shape index (κ1) is 24.5. The van der Waals surface area contributed by atoms with E-state index in [1.54, 1.807) is 27.7 Å². The van der Waals surface area contributed by atoms with Crippen molar-refractivity contribution in [3.63, 3.8) is 0 Å². The van der Waals surface area contributed by atoms with Gasteiger partial charge in [0.25, 0.3) is 5.91 Å². The molecule has 0 saturated heterocycles. The number of alkyl halides is 3. The van der Waals surface area contributed by atoms with Crippen LogP contribution in [0.2, 0.25) is 0 Å². The lowest BCUT2D eigenvalue weighted by Gasteiger charge is -2.20. The highest BCUT2D eigenvalue weighted by atomic mass is 32.2. The van der Waals surface area contributed by atoms with E-state index in [0.29, 0.717) is 5.69 Å². The quantitative estimate of drug-likeness (QED) is 0.561. The van der Waals surface area contributed by atoms with Crippen molar-refractivity contribution in [3.05, 3.63) is 71.4 Å². The van der Waals surface area contributed by atoms with E-state index < -0.39 is 33.2 Å². The van der Waals surface area contributed by atoms with Crippen LogP contribution < -0.4 is 10.0 Å². The molecule has 0 unspecified atom stereocenters. The van der Waals surface area contributed by atoms with Gasteiger partial charge in [0.15, 0.2) is 0 Å². The fourth-order valence-electron chi connectivity index (χ4n) is 3.04. The second kappa shape index (κ2) is 8.64. The van der Waals surface area contributed by atoms with Crippen LogP contribution in [0, 0.1) is 6.92 Å². The number of benzene rings is 2. The Bertz CT molecular complexity index is 1280. The second-order valence-electron chi connectivity index (χ2n) is 8.46. The van der Waals surface area contributed by atoms with Crippen molar-refractivity contribution in [2.75, 3.05) is 5.32 Å². The highest BCUT2D eigenvalue weighted by molar-refractivity contribution is 7.89. The van der Waals surface area contributed by atoms with Crippen LogP contribution in [0.4, 0.5) is 19.0 Å². The molecule has 0 saturated carbocycles. The van der Waals surface area contributed by atoms with Gasteiger partial charge < -0.3 is 5.32 Å². The number of rotatable bonds is 5. The van der Waals surface area contributed by atoms with Gasteiger partial charge in [0.05, 0.1) is 21.8 Å². The fraction of sp³-hybridized carbons (Fsp3) is 0.273. The first-order valence-electron chi connectivity index (χ1n) is 9.85. The largest absolute Gasteiger partial charge is 0.416 e. The van der Waals surface area contributed by atoms with Crippen molar-refractivity contribution in [3.8, 4) is 5.69 Å². The highest BCUT2D eigenvalue weighted by Gasteiger charge is 2.31. The SMILES string of the molecule is Cc1cc(NC(=O)c2ccc(S(=O)(=O)NC(C)(C)C)cc2)n(-c2cccc(C(F)(F)F)c2)n1. The van der Waals surface area contributed by atoms with Gasteiger partial charge in [-0.3, -0.25) is 4.79 Å². The summed E-state index contributed by atoms with van der Waals surface area (Å²) in [7, 11) is -3.76. The number of halogens is 3. The summed E-state index contributed by atoms with van der Waals surface area (Å²) in [5, 5.41) is 6.79. The fourth-order valence-corrected chi connectivity index (χ4v) is 4.45. The molecule has 0 bridgehead atoms. The minimum Gasteiger partial charge on any atom is -0.306 e. The van der Waals surface area contributed by atoms with Crippen molar-refractivity contribution in [1.29, 1.82) is 0 Å². The lowest BCUT2D eigenvalue weighted by molar-refractivity contribution is -0.137. The Morgan fingerprint density at radius 1 is 1.00 bits per heavy atom. The summed E-state index contributed by atoms with van der Waals surface area (Å²) in [4.78, 5) is 12.7. The van der Waals surface area contributed by atoms with Gasteiger partial charge >= 0.3 is 6.18 Å². The maximum Gasteiger partial charge on any atom is 0.416 e. The average Bonchev–Trinajstić information content (AvgIpc) is 3.06. The number of sulfonamides is 1. The third kappa shape index (κ3) is 5.99. The van der Waals surface area contributed by atoms with Crippen LogP contribution in [0.25, 0.3) is 5.69 Å². The molecule has 1 amide bonds. The zero-order valence-electron chi connectivity index (χ0n) is 18.4. The van der Waals surface area contributed by atoms with Crippen LogP contribution in [0.1, 0.15) is 42.4 Å². The Labute approximate surface area is 189 Å². The third-order valence-corrected chi connectivity index (χ3v) is 6.13. The number of hydrogen-bond acceptors (Lipinski definition) is 4. The number of nitrogens with zero attached hydrogens (tertiary/aromatic N) is 2. The van der Waals surface area contributed by atoms with E-state index in [1.807, 2.05) is 0 Å². The normalized spacial score (nSPS) is 12.6. The second-order valence-corrected chi connectivity index (χ2v) is 10.1.